The summed E-state index contributed by atoms with van der Waals surface area (Å²) in [6, 6.07) is 5.80. The Labute approximate surface area is 94.7 Å². The summed E-state index contributed by atoms with van der Waals surface area (Å²) < 4.78 is 1.49. The Morgan fingerprint density at radius 2 is 2.25 bits per heavy atom. The highest BCUT2D eigenvalue weighted by Crippen LogP contribution is 2.13. The maximum atomic E-state index is 12.0. The molecule has 0 bridgehead atoms. The van der Waals surface area contributed by atoms with Crippen LogP contribution >= 0.6 is 0 Å². The molecule has 3 heteroatoms. The topological polar surface area (TPSA) is 34.9 Å². The molecule has 3 nitrogen and oxygen atoms in total. The van der Waals surface area contributed by atoms with E-state index in [0.717, 1.165) is 6.42 Å². The van der Waals surface area contributed by atoms with E-state index in [1.54, 1.807) is 12.4 Å². The summed E-state index contributed by atoms with van der Waals surface area (Å²) in [5.74, 6) is -0.0350. The van der Waals surface area contributed by atoms with Gasteiger partial charge in [-0.3, -0.25) is 9.36 Å². The fraction of sp³-hybridized carbons (Fsp3) is 0.231. The molecule has 0 amide bonds. The van der Waals surface area contributed by atoms with Crippen molar-refractivity contribution in [2.45, 2.75) is 20.3 Å². The first-order valence-corrected chi connectivity index (χ1v) is 5.34. The van der Waals surface area contributed by atoms with Crippen molar-refractivity contribution in [1.29, 1.82) is 0 Å². The number of carbonyl (C=O) groups is 1. The Kier molecular flexibility index (Phi) is 2.86. The Morgan fingerprint density at radius 3 is 2.88 bits per heavy atom. The van der Waals surface area contributed by atoms with Gasteiger partial charge in [0.1, 0.15) is 6.33 Å². The van der Waals surface area contributed by atoms with Crippen molar-refractivity contribution >= 4 is 5.91 Å². The van der Waals surface area contributed by atoms with Crippen molar-refractivity contribution in [3.05, 3.63) is 53.6 Å². The highest BCUT2D eigenvalue weighted by molar-refractivity contribution is 5.96. The normalized spacial score (nSPS) is 10.4. The van der Waals surface area contributed by atoms with Crippen molar-refractivity contribution in [3.63, 3.8) is 0 Å². The van der Waals surface area contributed by atoms with Crippen molar-refractivity contribution in [3.8, 4) is 0 Å². The average molecular weight is 214 g/mol. The third-order valence-corrected chi connectivity index (χ3v) is 2.72. The van der Waals surface area contributed by atoms with E-state index in [1.807, 2.05) is 18.2 Å². The van der Waals surface area contributed by atoms with Crippen LogP contribution in [0, 0.1) is 6.92 Å². The van der Waals surface area contributed by atoms with Crippen LogP contribution in [0.4, 0.5) is 0 Å². The molecule has 1 aromatic carbocycles. The van der Waals surface area contributed by atoms with E-state index in [0.29, 0.717) is 5.56 Å². The molecule has 0 N–H and O–H groups in total. The van der Waals surface area contributed by atoms with Crippen molar-refractivity contribution in [2.24, 2.45) is 0 Å². The van der Waals surface area contributed by atoms with E-state index in [4.69, 9.17) is 0 Å². The van der Waals surface area contributed by atoms with Crippen molar-refractivity contribution < 1.29 is 4.79 Å². The Morgan fingerprint density at radius 1 is 1.44 bits per heavy atom. The number of hydrogen-bond acceptors (Lipinski definition) is 2. The summed E-state index contributed by atoms with van der Waals surface area (Å²) in [6.07, 6.45) is 5.73. The van der Waals surface area contributed by atoms with Gasteiger partial charge in [0.2, 0.25) is 0 Å². The number of imidazole rings is 1. The van der Waals surface area contributed by atoms with Gasteiger partial charge in [-0.1, -0.05) is 13.0 Å². The molecular weight excluding hydrogens is 200 g/mol. The van der Waals surface area contributed by atoms with Crippen LogP contribution in [0.5, 0.6) is 0 Å². The van der Waals surface area contributed by atoms with Gasteiger partial charge in [0, 0.05) is 18.0 Å². The SMILES string of the molecule is CCc1cc(C(=O)n2ccnc2)ccc1C. The molecule has 1 heterocycles. The predicted octanol–water partition coefficient (Wildman–Crippen LogP) is 2.44. The standard InChI is InChI=1S/C13H14N2O/c1-3-11-8-12(5-4-10(11)2)13(16)15-7-6-14-9-15/h4-9H,3H2,1-2H3. The van der Waals surface area contributed by atoms with Crippen molar-refractivity contribution in [1.82, 2.24) is 9.55 Å². The highest BCUT2D eigenvalue weighted by atomic mass is 16.2. The fourth-order valence-corrected chi connectivity index (χ4v) is 1.71. The van der Waals surface area contributed by atoms with Crippen LogP contribution in [0.3, 0.4) is 0 Å². The fourth-order valence-electron chi connectivity index (χ4n) is 1.71. The van der Waals surface area contributed by atoms with Crippen LogP contribution in [0.25, 0.3) is 0 Å². The number of aromatic nitrogens is 2. The van der Waals surface area contributed by atoms with Crippen molar-refractivity contribution in [2.75, 3.05) is 0 Å². The first-order chi connectivity index (χ1) is 7.72. The Bertz CT molecular complexity index is 501. The lowest BCUT2D eigenvalue weighted by atomic mass is 10.0. The summed E-state index contributed by atoms with van der Waals surface area (Å²) in [4.78, 5) is 15.9. The monoisotopic (exact) mass is 214 g/mol. The summed E-state index contributed by atoms with van der Waals surface area (Å²) in [5.41, 5.74) is 3.15. The van der Waals surface area contributed by atoms with Gasteiger partial charge in [0.05, 0.1) is 0 Å². The molecule has 2 rings (SSSR count). The number of rotatable bonds is 2. The van der Waals surface area contributed by atoms with E-state index < -0.39 is 0 Å². The van der Waals surface area contributed by atoms with Crippen LogP contribution in [-0.4, -0.2) is 15.5 Å². The molecule has 0 unspecified atom stereocenters. The number of carbonyl (C=O) groups excluding carboxylic acids is 1. The molecule has 0 fully saturated rings. The zero-order valence-corrected chi connectivity index (χ0v) is 9.47. The summed E-state index contributed by atoms with van der Waals surface area (Å²) in [5, 5.41) is 0. The molecule has 0 aliphatic rings. The second-order valence-corrected chi connectivity index (χ2v) is 3.77. The molecule has 0 aliphatic heterocycles. The van der Waals surface area contributed by atoms with Gasteiger partial charge in [-0.25, -0.2) is 4.98 Å². The lowest BCUT2D eigenvalue weighted by Crippen LogP contribution is -2.10. The second-order valence-electron chi connectivity index (χ2n) is 3.77. The molecule has 0 spiro atoms. The van der Waals surface area contributed by atoms with E-state index in [9.17, 15) is 4.79 Å². The molecule has 0 saturated carbocycles. The minimum Gasteiger partial charge on any atom is -0.272 e. The minimum absolute atomic E-state index is 0.0350. The third kappa shape index (κ3) is 1.89. The average Bonchev–Trinajstić information content (AvgIpc) is 2.82. The molecule has 1 aromatic heterocycles. The van der Waals surface area contributed by atoms with E-state index >= 15 is 0 Å². The minimum atomic E-state index is -0.0350. The lowest BCUT2D eigenvalue weighted by Gasteiger charge is -2.06. The number of aryl methyl sites for hydroxylation is 2. The molecule has 0 radical (unpaired) electrons. The van der Waals surface area contributed by atoms with Gasteiger partial charge in [0.15, 0.2) is 0 Å². The summed E-state index contributed by atoms with van der Waals surface area (Å²) >= 11 is 0. The molecule has 2 aromatic rings. The van der Waals surface area contributed by atoms with Crippen LogP contribution in [0.15, 0.2) is 36.9 Å². The van der Waals surface area contributed by atoms with Crippen LogP contribution < -0.4 is 0 Å². The van der Waals surface area contributed by atoms with Crippen LogP contribution in [0.2, 0.25) is 0 Å². The van der Waals surface area contributed by atoms with Crippen LogP contribution in [0.1, 0.15) is 28.4 Å². The first-order valence-electron chi connectivity index (χ1n) is 5.34. The number of benzene rings is 1. The van der Waals surface area contributed by atoms with E-state index in [1.165, 1.54) is 22.0 Å². The zero-order valence-electron chi connectivity index (χ0n) is 9.47. The summed E-state index contributed by atoms with van der Waals surface area (Å²) in [6.45, 7) is 4.15. The molecule has 0 atom stereocenters. The van der Waals surface area contributed by atoms with Gasteiger partial charge in [0.25, 0.3) is 5.91 Å². The lowest BCUT2D eigenvalue weighted by molar-refractivity contribution is 0.0959. The van der Waals surface area contributed by atoms with Crippen LogP contribution in [-0.2, 0) is 6.42 Å². The van der Waals surface area contributed by atoms with Gasteiger partial charge < -0.3 is 0 Å². The van der Waals surface area contributed by atoms with E-state index in [2.05, 4.69) is 18.8 Å². The predicted molar refractivity (Wildman–Crippen MR) is 62.5 cm³/mol. The largest absolute Gasteiger partial charge is 0.272 e. The molecular formula is C13H14N2O. The molecule has 0 saturated heterocycles. The van der Waals surface area contributed by atoms with Gasteiger partial charge >= 0.3 is 0 Å². The first kappa shape index (κ1) is 10.6. The summed E-state index contributed by atoms with van der Waals surface area (Å²) in [7, 11) is 0. The number of hydrogen-bond donors (Lipinski definition) is 0. The Balaban J connectivity index is 2.38. The second kappa shape index (κ2) is 4.31. The van der Waals surface area contributed by atoms with Gasteiger partial charge in [-0.05, 0) is 36.6 Å². The third-order valence-electron chi connectivity index (χ3n) is 2.72. The van der Waals surface area contributed by atoms with E-state index in [-0.39, 0.29) is 5.91 Å². The zero-order chi connectivity index (χ0) is 11.5. The molecule has 0 aliphatic carbocycles. The maximum Gasteiger partial charge on any atom is 0.263 e. The highest BCUT2D eigenvalue weighted by Gasteiger charge is 2.08. The molecule has 16 heavy (non-hydrogen) atoms. The quantitative estimate of drug-likeness (QED) is 0.769. The number of nitrogens with zero attached hydrogens (tertiary/aromatic N) is 2. The smallest absolute Gasteiger partial charge is 0.263 e. The molecule has 82 valence electrons. The maximum absolute atomic E-state index is 12.0. The Hall–Kier alpha value is -1.90. The van der Waals surface area contributed by atoms with Gasteiger partial charge in [-0.15, -0.1) is 0 Å². The van der Waals surface area contributed by atoms with Gasteiger partial charge in [-0.2, -0.15) is 0 Å².